The van der Waals surface area contributed by atoms with Crippen molar-refractivity contribution >= 4 is 29.1 Å². The third kappa shape index (κ3) is 5.94. The van der Waals surface area contributed by atoms with Crippen LogP contribution < -0.4 is 9.64 Å². The molecule has 0 saturated heterocycles. The summed E-state index contributed by atoms with van der Waals surface area (Å²) in [4.78, 5) is 14.1. The monoisotopic (exact) mass is 445 g/mol. The molecule has 4 nitrogen and oxygen atoms in total. The fourth-order valence-corrected chi connectivity index (χ4v) is 5.52. The molecule has 6 heteroatoms. The molecule has 0 radical (unpaired) electrons. The summed E-state index contributed by atoms with van der Waals surface area (Å²) in [6, 6.07) is 13.3. The van der Waals surface area contributed by atoms with Gasteiger partial charge in [0.15, 0.2) is 18.2 Å². The Morgan fingerprint density at radius 3 is 2.45 bits per heavy atom. The van der Waals surface area contributed by atoms with E-state index in [9.17, 15) is 9.18 Å². The van der Waals surface area contributed by atoms with E-state index < -0.39 is 18.4 Å². The Morgan fingerprint density at radius 1 is 1.16 bits per heavy atom. The van der Waals surface area contributed by atoms with E-state index in [2.05, 4.69) is 30.9 Å². The van der Waals surface area contributed by atoms with Crippen molar-refractivity contribution in [2.75, 3.05) is 23.8 Å². The number of nitrogens with zero attached hydrogens (tertiary/aromatic N) is 1. The number of anilines is 2. The van der Waals surface area contributed by atoms with E-state index >= 15 is 0 Å². The maximum atomic E-state index is 14.9. The van der Waals surface area contributed by atoms with Crippen LogP contribution in [-0.4, -0.2) is 30.0 Å². The minimum Gasteiger partial charge on any atom is -0.479 e. The number of rotatable bonds is 10. The summed E-state index contributed by atoms with van der Waals surface area (Å²) in [6.45, 7) is 4.73. The number of halogens is 1. The summed E-state index contributed by atoms with van der Waals surface area (Å²) in [5.74, 6) is -0.702. The smallest absolute Gasteiger partial charge is 0.341 e. The molecule has 31 heavy (non-hydrogen) atoms. The molecule has 3 rings (SSSR count). The number of hydrogen-bond donors (Lipinski definition) is 1. The lowest BCUT2D eigenvalue weighted by atomic mass is 9.79. The van der Waals surface area contributed by atoms with Crippen LogP contribution in [-0.2, 0) is 4.79 Å². The Labute approximate surface area is 188 Å². The lowest BCUT2D eigenvalue weighted by molar-refractivity contribution is -0.139. The molecule has 1 aliphatic heterocycles. The number of benzene rings is 2. The number of carbonyl (C=O) groups is 1. The first-order valence-corrected chi connectivity index (χ1v) is 12.1. The van der Waals surface area contributed by atoms with Crippen molar-refractivity contribution in [1.29, 1.82) is 0 Å². The molecule has 0 atom stereocenters. The first-order chi connectivity index (χ1) is 15.0. The van der Waals surface area contributed by atoms with Gasteiger partial charge in [0.25, 0.3) is 0 Å². The average molecular weight is 446 g/mol. The van der Waals surface area contributed by atoms with Crippen LogP contribution in [0.4, 0.5) is 15.8 Å². The van der Waals surface area contributed by atoms with Crippen LogP contribution in [0.1, 0.15) is 52.4 Å². The van der Waals surface area contributed by atoms with Crippen LogP contribution in [0.3, 0.4) is 0 Å². The molecule has 0 fully saturated rings. The number of aliphatic carboxylic acids is 1. The molecule has 0 spiro atoms. The predicted molar refractivity (Wildman–Crippen MR) is 125 cm³/mol. The molecule has 0 unspecified atom stereocenters. The zero-order chi connectivity index (χ0) is 22.3. The number of unbranched alkanes of at least 4 members (excludes halogenated alkanes) is 2. The molecule has 2 aromatic carbocycles. The Kier molecular flexibility index (Phi) is 8.24. The van der Waals surface area contributed by atoms with Crippen molar-refractivity contribution in [3.63, 3.8) is 0 Å². The Morgan fingerprint density at radius 2 is 1.84 bits per heavy atom. The van der Waals surface area contributed by atoms with Gasteiger partial charge in [0.05, 0.1) is 5.69 Å². The Bertz CT molecular complexity index is 867. The summed E-state index contributed by atoms with van der Waals surface area (Å²) in [7, 11) is 0. The maximum Gasteiger partial charge on any atom is 0.341 e. The lowest BCUT2D eigenvalue weighted by Gasteiger charge is -2.37. The fourth-order valence-electron chi connectivity index (χ4n) is 4.17. The van der Waals surface area contributed by atoms with E-state index in [1.54, 1.807) is 17.8 Å². The van der Waals surface area contributed by atoms with Gasteiger partial charge >= 0.3 is 5.97 Å². The summed E-state index contributed by atoms with van der Waals surface area (Å²) < 4.78 is 20.1. The second kappa shape index (κ2) is 10.9. The number of thioether (sulfide) groups is 1. The largest absolute Gasteiger partial charge is 0.479 e. The van der Waals surface area contributed by atoms with Crippen LogP contribution in [0.15, 0.2) is 47.4 Å². The molecule has 0 saturated carbocycles. The topological polar surface area (TPSA) is 49.8 Å². The van der Waals surface area contributed by atoms with Gasteiger partial charge in [-0.1, -0.05) is 57.7 Å². The Balaban J connectivity index is 2.04. The van der Waals surface area contributed by atoms with E-state index in [0.29, 0.717) is 0 Å². The SMILES string of the molecule is CCCCC1(CCCC)CSc2cc(OCC(=O)O)c(F)cc2N(c2ccccc2)C1. The molecular weight excluding hydrogens is 413 g/mol. The van der Waals surface area contributed by atoms with Crippen LogP contribution >= 0.6 is 11.8 Å². The number of para-hydroxylation sites is 1. The highest BCUT2D eigenvalue weighted by Crippen LogP contribution is 2.48. The lowest BCUT2D eigenvalue weighted by Crippen LogP contribution is -2.36. The van der Waals surface area contributed by atoms with E-state index in [4.69, 9.17) is 9.84 Å². The molecule has 168 valence electrons. The molecular formula is C25H32FNO3S. The summed E-state index contributed by atoms with van der Waals surface area (Å²) in [5, 5.41) is 8.91. The molecule has 1 aliphatic rings. The minimum absolute atomic E-state index is 0.00345. The highest BCUT2D eigenvalue weighted by atomic mass is 32.2. The second-order valence-corrected chi connectivity index (χ2v) is 9.37. The van der Waals surface area contributed by atoms with Crippen molar-refractivity contribution in [3.8, 4) is 5.75 Å². The van der Waals surface area contributed by atoms with Gasteiger partial charge in [-0.2, -0.15) is 0 Å². The summed E-state index contributed by atoms with van der Waals surface area (Å²) >= 11 is 1.74. The zero-order valence-electron chi connectivity index (χ0n) is 18.4. The number of hydrogen-bond acceptors (Lipinski definition) is 4. The maximum absolute atomic E-state index is 14.9. The second-order valence-electron chi connectivity index (χ2n) is 8.35. The van der Waals surface area contributed by atoms with Gasteiger partial charge in [-0.3, -0.25) is 0 Å². The predicted octanol–water partition coefficient (Wildman–Crippen LogP) is 6.90. The average Bonchev–Trinajstić information content (AvgIpc) is 2.93. The summed E-state index contributed by atoms with van der Waals surface area (Å²) in [5.41, 5.74) is 2.00. The van der Waals surface area contributed by atoms with Gasteiger partial charge in [0, 0.05) is 28.9 Å². The molecule has 0 amide bonds. The molecule has 2 aromatic rings. The molecule has 1 N–H and O–H groups in total. The Hall–Kier alpha value is -2.21. The van der Waals surface area contributed by atoms with Crippen molar-refractivity contribution in [1.82, 2.24) is 0 Å². The van der Waals surface area contributed by atoms with Gasteiger partial charge < -0.3 is 14.7 Å². The number of fused-ring (bicyclic) bond motifs is 1. The number of carboxylic acids is 1. The minimum atomic E-state index is -1.12. The van der Waals surface area contributed by atoms with Crippen molar-refractivity contribution in [3.05, 3.63) is 48.3 Å². The van der Waals surface area contributed by atoms with Crippen LogP contribution in [0, 0.1) is 11.2 Å². The quantitative estimate of drug-likeness (QED) is 0.431. The van der Waals surface area contributed by atoms with E-state index in [0.717, 1.165) is 54.3 Å². The molecule has 1 heterocycles. The number of carboxylic acid groups (broad SMARTS) is 1. The fraction of sp³-hybridized carbons (Fsp3) is 0.480. The van der Waals surface area contributed by atoms with Crippen LogP contribution in [0.25, 0.3) is 0 Å². The zero-order valence-corrected chi connectivity index (χ0v) is 19.2. The van der Waals surface area contributed by atoms with Gasteiger partial charge in [-0.15, -0.1) is 11.8 Å². The van der Waals surface area contributed by atoms with Gasteiger partial charge in [-0.25, -0.2) is 9.18 Å². The van der Waals surface area contributed by atoms with Gasteiger partial charge in [0.1, 0.15) is 0 Å². The van der Waals surface area contributed by atoms with Gasteiger partial charge in [-0.05, 0) is 36.5 Å². The normalized spacial score (nSPS) is 15.3. The summed E-state index contributed by atoms with van der Waals surface area (Å²) in [6.07, 6.45) is 6.92. The van der Waals surface area contributed by atoms with Crippen molar-refractivity contribution in [2.24, 2.45) is 5.41 Å². The highest BCUT2D eigenvalue weighted by Gasteiger charge is 2.36. The van der Waals surface area contributed by atoms with Crippen molar-refractivity contribution < 1.29 is 19.0 Å². The van der Waals surface area contributed by atoms with E-state index in [1.807, 2.05) is 18.2 Å². The van der Waals surface area contributed by atoms with Crippen LogP contribution in [0.2, 0.25) is 0 Å². The van der Waals surface area contributed by atoms with Crippen molar-refractivity contribution in [2.45, 2.75) is 57.3 Å². The van der Waals surface area contributed by atoms with Gasteiger partial charge in [0.2, 0.25) is 0 Å². The molecule has 0 aromatic heterocycles. The van der Waals surface area contributed by atoms with E-state index in [-0.39, 0.29) is 11.2 Å². The first kappa shape index (κ1) is 23.5. The third-order valence-corrected chi connectivity index (χ3v) is 7.27. The third-order valence-electron chi connectivity index (χ3n) is 5.87. The number of ether oxygens (including phenoxy) is 1. The first-order valence-electron chi connectivity index (χ1n) is 11.1. The standard InChI is InChI=1S/C25H32FNO3S/c1-3-5-12-25(13-6-4-2)17-27(19-10-8-7-9-11-19)21-14-20(26)22(30-16-24(28)29)15-23(21)31-18-25/h7-11,14-15H,3-6,12-13,16-18H2,1-2H3,(H,28,29). The molecule has 0 aliphatic carbocycles. The highest BCUT2D eigenvalue weighted by molar-refractivity contribution is 7.99. The van der Waals surface area contributed by atoms with E-state index in [1.165, 1.54) is 18.9 Å². The molecule has 0 bridgehead atoms. The van der Waals surface area contributed by atoms with Crippen LogP contribution in [0.5, 0.6) is 5.75 Å².